The fourth-order valence-corrected chi connectivity index (χ4v) is 2.48. The number of benzene rings is 1. The second-order valence-electron chi connectivity index (χ2n) is 3.96. The van der Waals surface area contributed by atoms with Crippen LogP contribution in [0.15, 0.2) is 40.5 Å². The molecule has 0 fully saturated rings. The van der Waals surface area contributed by atoms with Gasteiger partial charge in [0.2, 0.25) is 0 Å². The minimum atomic E-state index is 0.852. The van der Waals surface area contributed by atoms with Gasteiger partial charge in [0.1, 0.15) is 22.9 Å². The molecule has 100 valence electrons. The summed E-state index contributed by atoms with van der Waals surface area (Å²) in [7, 11) is 1.67. The van der Waals surface area contributed by atoms with Gasteiger partial charge in [-0.2, -0.15) is 0 Å². The van der Waals surface area contributed by atoms with Crippen LogP contribution < -0.4 is 10.1 Å². The number of nitrogens with zero attached hydrogens (tertiary/aromatic N) is 2. The molecule has 0 bridgehead atoms. The predicted molar refractivity (Wildman–Crippen MR) is 78.0 cm³/mol. The molecule has 4 nitrogen and oxygen atoms in total. The third-order valence-electron chi connectivity index (χ3n) is 2.66. The molecule has 0 aliphatic heterocycles. The van der Waals surface area contributed by atoms with E-state index in [1.807, 2.05) is 31.2 Å². The lowest BCUT2D eigenvalue weighted by Gasteiger charge is -2.09. The zero-order valence-corrected chi connectivity index (χ0v) is 12.1. The molecule has 0 radical (unpaired) electrons. The zero-order chi connectivity index (χ0) is 13.7. The third kappa shape index (κ3) is 3.38. The summed E-state index contributed by atoms with van der Waals surface area (Å²) >= 11 is 1.63. The smallest absolute Gasteiger partial charge is 0.133 e. The number of hydrogen-bond acceptors (Lipinski definition) is 5. The first kappa shape index (κ1) is 13.7. The molecule has 0 spiro atoms. The fraction of sp³-hybridized carbons (Fsp3) is 0.286. The average molecular weight is 275 g/mol. The maximum absolute atomic E-state index is 5.15. The summed E-state index contributed by atoms with van der Waals surface area (Å²) in [4.78, 5) is 9.71. The summed E-state index contributed by atoms with van der Waals surface area (Å²) in [5.74, 6) is 1.76. The Balaban J connectivity index is 2.20. The van der Waals surface area contributed by atoms with Gasteiger partial charge < -0.3 is 10.1 Å². The number of hydrogen-bond donors (Lipinski definition) is 1. The number of anilines is 1. The molecule has 19 heavy (non-hydrogen) atoms. The Morgan fingerprint density at radius 3 is 2.58 bits per heavy atom. The topological polar surface area (TPSA) is 47.0 Å². The number of nitrogens with one attached hydrogen (secondary N) is 1. The van der Waals surface area contributed by atoms with Gasteiger partial charge in [0.05, 0.1) is 7.11 Å². The second-order valence-corrected chi connectivity index (χ2v) is 5.02. The van der Waals surface area contributed by atoms with Crippen molar-refractivity contribution < 1.29 is 4.74 Å². The largest absolute Gasteiger partial charge is 0.497 e. The molecule has 2 aromatic rings. The van der Waals surface area contributed by atoms with E-state index < -0.39 is 0 Å². The third-order valence-corrected chi connectivity index (χ3v) is 3.77. The molecule has 0 saturated carbocycles. The van der Waals surface area contributed by atoms with Crippen molar-refractivity contribution in [3.8, 4) is 5.75 Å². The van der Waals surface area contributed by atoms with E-state index >= 15 is 0 Å². The molecule has 1 aromatic heterocycles. The van der Waals surface area contributed by atoms with Crippen LogP contribution >= 0.6 is 11.8 Å². The van der Waals surface area contributed by atoms with Crippen molar-refractivity contribution in [1.29, 1.82) is 0 Å². The van der Waals surface area contributed by atoms with Crippen LogP contribution in [-0.2, 0) is 0 Å². The summed E-state index contributed by atoms with van der Waals surface area (Å²) in [5, 5.41) is 4.20. The van der Waals surface area contributed by atoms with Gasteiger partial charge >= 0.3 is 0 Å². The maximum atomic E-state index is 5.15. The van der Waals surface area contributed by atoms with Crippen LogP contribution in [0.25, 0.3) is 0 Å². The van der Waals surface area contributed by atoms with Crippen LogP contribution in [0.1, 0.15) is 12.5 Å². The Morgan fingerprint density at radius 2 is 1.95 bits per heavy atom. The zero-order valence-electron chi connectivity index (χ0n) is 11.3. The summed E-state index contributed by atoms with van der Waals surface area (Å²) in [5.41, 5.74) is 1.07. The van der Waals surface area contributed by atoms with Crippen molar-refractivity contribution in [2.75, 3.05) is 19.0 Å². The number of rotatable bonds is 5. The van der Waals surface area contributed by atoms with E-state index in [-0.39, 0.29) is 0 Å². The molecule has 0 amide bonds. The Bertz CT molecular complexity index is 543. The van der Waals surface area contributed by atoms with E-state index in [1.165, 1.54) is 0 Å². The van der Waals surface area contributed by atoms with Crippen molar-refractivity contribution in [3.05, 3.63) is 36.2 Å². The van der Waals surface area contributed by atoms with Gasteiger partial charge in [0, 0.05) is 17.0 Å². The summed E-state index contributed by atoms with van der Waals surface area (Å²) < 4.78 is 5.15. The van der Waals surface area contributed by atoms with Crippen LogP contribution in [0.2, 0.25) is 0 Å². The van der Waals surface area contributed by atoms with E-state index in [9.17, 15) is 0 Å². The first-order valence-electron chi connectivity index (χ1n) is 6.12. The maximum Gasteiger partial charge on any atom is 0.133 e. The summed E-state index contributed by atoms with van der Waals surface area (Å²) in [6.45, 7) is 4.94. The highest BCUT2D eigenvalue weighted by atomic mass is 32.2. The van der Waals surface area contributed by atoms with E-state index in [0.717, 1.165) is 33.6 Å². The van der Waals surface area contributed by atoms with E-state index in [0.29, 0.717) is 0 Å². The molecule has 1 N–H and O–H groups in total. The van der Waals surface area contributed by atoms with E-state index in [2.05, 4.69) is 22.2 Å². The predicted octanol–water partition coefficient (Wildman–Crippen LogP) is 3.38. The highest BCUT2D eigenvalue weighted by molar-refractivity contribution is 7.99. The first-order chi connectivity index (χ1) is 9.24. The number of aromatic nitrogens is 2. The minimum Gasteiger partial charge on any atom is -0.497 e. The molecule has 5 heteroatoms. The van der Waals surface area contributed by atoms with Gasteiger partial charge in [-0.05, 0) is 38.1 Å². The quantitative estimate of drug-likeness (QED) is 0.848. The molecule has 1 heterocycles. The van der Waals surface area contributed by atoms with Crippen LogP contribution in [0.3, 0.4) is 0 Å². The van der Waals surface area contributed by atoms with Crippen molar-refractivity contribution in [2.24, 2.45) is 0 Å². The summed E-state index contributed by atoms with van der Waals surface area (Å²) in [6, 6.07) is 7.95. The summed E-state index contributed by atoms with van der Waals surface area (Å²) in [6.07, 6.45) is 1.59. The van der Waals surface area contributed by atoms with Gasteiger partial charge in [0.25, 0.3) is 0 Å². The highest BCUT2D eigenvalue weighted by Gasteiger charge is 2.08. The van der Waals surface area contributed by atoms with E-state index in [4.69, 9.17) is 4.74 Å². The van der Waals surface area contributed by atoms with Crippen LogP contribution in [0.4, 0.5) is 5.82 Å². The lowest BCUT2D eigenvalue weighted by molar-refractivity contribution is 0.414. The van der Waals surface area contributed by atoms with Gasteiger partial charge in [-0.15, -0.1) is 0 Å². The number of methoxy groups -OCH3 is 1. The Labute approximate surface area is 117 Å². The highest BCUT2D eigenvalue weighted by Crippen LogP contribution is 2.31. The number of ether oxygens (including phenoxy) is 1. The standard InChI is InChI=1S/C14H17N3OS/c1-4-15-13-10(2)14(17-9-16-13)19-12-7-5-11(18-3)6-8-12/h5-9H,4H2,1-3H3,(H,15,16,17). The fourth-order valence-electron chi connectivity index (χ4n) is 1.64. The van der Waals surface area contributed by atoms with Gasteiger partial charge in [0.15, 0.2) is 0 Å². The Kier molecular flexibility index (Phi) is 4.63. The first-order valence-corrected chi connectivity index (χ1v) is 6.93. The molecule has 0 saturated heterocycles. The van der Waals surface area contributed by atoms with Crippen molar-refractivity contribution >= 4 is 17.6 Å². The van der Waals surface area contributed by atoms with Crippen molar-refractivity contribution in [2.45, 2.75) is 23.8 Å². The van der Waals surface area contributed by atoms with Gasteiger partial charge in [-0.25, -0.2) is 9.97 Å². The molecule has 0 aliphatic rings. The lowest BCUT2D eigenvalue weighted by Crippen LogP contribution is -2.03. The molecule has 0 atom stereocenters. The minimum absolute atomic E-state index is 0.852. The molecular weight excluding hydrogens is 258 g/mol. The van der Waals surface area contributed by atoms with Gasteiger partial charge in [-0.3, -0.25) is 0 Å². The van der Waals surface area contributed by atoms with Crippen molar-refractivity contribution in [1.82, 2.24) is 9.97 Å². The lowest BCUT2D eigenvalue weighted by atomic mass is 10.3. The molecular formula is C14H17N3OS. The molecule has 1 aromatic carbocycles. The van der Waals surface area contributed by atoms with Crippen LogP contribution in [0.5, 0.6) is 5.75 Å². The van der Waals surface area contributed by atoms with Gasteiger partial charge in [-0.1, -0.05) is 11.8 Å². The normalized spacial score (nSPS) is 10.3. The second kappa shape index (κ2) is 6.43. The van der Waals surface area contributed by atoms with Crippen LogP contribution in [-0.4, -0.2) is 23.6 Å². The Hall–Kier alpha value is -1.75. The van der Waals surface area contributed by atoms with Crippen molar-refractivity contribution in [3.63, 3.8) is 0 Å². The van der Waals surface area contributed by atoms with Crippen LogP contribution in [0, 0.1) is 6.92 Å². The molecule has 2 rings (SSSR count). The SMILES string of the molecule is CCNc1ncnc(Sc2ccc(OC)cc2)c1C. The molecule has 0 unspecified atom stereocenters. The molecule has 0 aliphatic carbocycles. The Morgan fingerprint density at radius 1 is 1.21 bits per heavy atom. The van der Waals surface area contributed by atoms with E-state index in [1.54, 1.807) is 25.2 Å². The average Bonchev–Trinajstić information content (AvgIpc) is 2.44. The monoisotopic (exact) mass is 275 g/mol.